The molecular weight excluding hydrogens is 717 g/mol. The van der Waals surface area contributed by atoms with Gasteiger partial charge in [-0.05, 0) is 30.4 Å². The summed E-state index contributed by atoms with van der Waals surface area (Å²) >= 11 is 0. The molecule has 0 saturated heterocycles. The van der Waals surface area contributed by atoms with E-state index in [2.05, 4.69) is 58.2 Å². The highest BCUT2D eigenvalue weighted by molar-refractivity contribution is 5.82. The van der Waals surface area contributed by atoms with E-state index in [1.54, 1.807) is 12.4 Å². The van der Waals surface area contributed by atoms with Crippen molar-refractivity contribution < 1.29 is 50.5 Å². The summed E-state index contributed by atoms with van der Waals surface area (Å²) in [6.45, 7) is 0. The van der Waals surface area contributed by atoms with E-state index < -0.39 is 0 Å². The number of nitrogens with zero attached hydrogens (tertiary/aromatic N) is 14. The zero-order chi connectivity index (χ0) is 38.9. The SMILES string of the molecule is C[N+]1=C=[N+](c2cc([N+]3=C=[N+](C)c4ncccc43)c([N+]3=C=[N+](C)C=C3)cc2Oc2cc([N+]3=C=[N+](C)C=C3)c([N+]3=C=[N+](C)c4ncccc43)cc2[N+]2=C=[N+](C)C=C2)C=C1. The van der Waals surface area contributed by atoms with Gasteiger partial charge < -0.3 is 4.74 Å². The van der Waals surface area contributed by atoms with Crippen LogP contribution in [0.2, 0.25) is 0 Å². The first-order valence-electron chi connectivity index (χ1n) is 18.1. The lowest BCUT2D eigenvalue weighted by Gasteiger charge is -2.09. The van der Waals surface area contributed by atoms with Crippen LogP contribution >= 0.6 is 0 Å². The Labute approximate surface area is 326 Å². The summed E-state index contributed by atoms with van der Waals surface area (Å²) in [5, 5.41) is 0. The van der Waals surface area contributed by atoms with Gasteiger partial charge in [0.2, 0.25) is 36.3 Å². The number of hydrogen-bond donors (Lipinski definition) is 0. The van der Waals surface area contributed by atoms with Crippen LogP contribution < -0.4 is 13.9 Å². The summed E-state index contributed by atoms with van der Waals surface area (Å²) in [6.07, 6.45) is 19.2. The van der Waals surface area contributed by atoms with Crippen LogP contribution in [0.5, 0.6) is 11.5 Å². The molecule has 2 aromatic heterocycles. The van der Waals surface area contributed by atoms with Crippen molar-refractivity contribution in [2.24, 2.45) is 0 Å². The standard InChI is InChI=1S/C42H36N14O/c1-45-13-17-51(25-45)33-23-39(37(53-19-15-47(3)27-53)21-35(33)55-29-49(5)41-31(55)9-7-11-43-41)57-40-24-34(52-18-14-46(2)26-52)36(22-38(40)54-20-16-48(4)28-54)56-30-50(6)42-32(56)10-8-12-44-42/h7-24H,1-6H3/q+12. The van der Waals surface area contributed by atoms with Crippen LogP contribution in [-0.4, -0.2) is 134 Å². The highest BCUT2D eigenvalue weighted by atomic mass is 16.5. The number of rotatable bonds is 8. The van der Waals surface area contributed by atoms with Crippen LogP contribution in [0.15, 0.2) is 111 Å². The number of ether oxygens (including phenoxy) is 1. The lowest BCUT2D eigenvalue weighted by Crippen LogP contribution is -2.08. The Morgan fingerprint density at radius 2 is 0.772 bits per heavy atom. The van der Waals surface area contributed by atoms with Gasteiger partial charge in [-0.3, -0.25) is 0 Å². The molecule has 0 unspecified atom stereocenters. The summed E-state index contributed by atoms with van der Waals surface area (Å²) in [5.41, 5.74) is 6.56. The van der Waals surface area contributed by atoms with Crippen LogP contribution in [-0.2, 0) is 0 Å². The van der Waals surface area contributed by atoms with Gasteiger partial charge in [0.1, 0.15) is 0 Å². The van der Waals surface area contributed by atoms with Gasteiger partial charge in [-0.2, -0.15) is 9.97 Å². The predicted molar refractivity (Wildman–Crippen MR) is 207 cm³/mol. The molecule has 0 N–H and O–H groups in total. The molecule has 0 fully saturated rings. The average Bonchev–Trinajstić information content (AvgIpc) is 4.09. The third kappa shape index (κ3) is 5.60. The van der Waals surface area contributed by atoms with Gasteiger partial charge in [-0.25, -0.2) is 0 Å². The Kier molecular flexibility index (Phi) is 7.42. The molecule has 0 amide bonds. The smallest absolute Gasteiger partial charge is 0.443 e. The van der Waals surface area contributed by atoms with Crippen LogP contribution in [0, 0.1) is 0 Å². The summed E-state index contributed by atoms with van der Waals surface area (Å²) in [4.78, 5) is 9.29. The van der Waals surface area contributed by atoms with Crippen LogP contribution in [0.4, 0.5) is 57.1 Å². The molecule has 0 bridgehead atoms. The second-order valence-corrected chi connectivity index (χ2v) is 13.9. The van der Waals surface area contributed by atoms with Gasteiger partial charge >= 0.3 is 81.8 Å². The van der Waals surface area contributed by atoms with Crippen LogP contribution in [0.25, 0.3) is 0 Å². The van der Waals surface area contributed by atoms with E-state index in [-0.39, 0.29) is 0 Å². The molecule has 15 heteroatoms. The van der Waals surface area contributed by atoms with E-state index in [0.29, 0.717) is 11.5 Å². The number of hydrogen-bond acceptors (Lipinski definition) is 3. The second kappa shape index (κ2) is 12.7. The molecule has 0 saturated carbocycles. The molecule has 6 aliphatic rings. The summed E-state index contributed by atoms with van der Waals surface area (Å²) in [6, 6.07) is 36.7. The Morgan fingerprint density at radius 3 is 1.12 bits per heavy atom. The maximum Gasteiger partial charge on any atom is 0.497 e. The Morgan fingerprint density at radius 1 is 0.404 bits per heavy atom. The van der Waals surface area contributed by atoms with Crippen molar-refractivity contribution >= 4 is 93.2 Å². The Bertz CT molecular complexity index is 3000. The normalized spacial score (nSPS) is 16.6. The molecule has 0 radical (unpaired) electrons. The minimum Gasteiger partial charge on any atom is -0.443 e. The topological polar surface area (TPSA) is 71.1 Å². The van der Waals surface area contributed by atoms with E-state index in [4.69, 9.17) is 4.74 Å². The zero-order valence-electron chi connectivity index (χ0n) is 32.1. The molecular formula is C42H36N14O+12. The van der Waals surface area contributed by atoms with Gasteiger partial charge in [-0.15, -0.1) is 0 Å². The highest BCUT2D eigenvalue weighted by Gasteiger charge is 2.45. The number of fused-ring (bicyclic) bond motifs is 2. The molecule has 57 heavy (non-hydrogen) atoms. The zero-order valence-corrected chi connectivity index (χ0v) is 32.1. The summed E-state index contributed by atoms with van der Waals surface area (Å²) in [5.74, 6) is 2.73. The van der Waals surface area contributed by atoms with Crippen molar-refractivity contribution in [3.05, 3.63) is 111 Å². The summed E-state index contributed by atoms with van der Waals surface area (Å²) < 4.78 is 30.3. The van der Waals surface area contributed by atoms with Crippen molar-refractivity contribution in [1.29, 1.82) is 0 Å². The highest BCUT2D eigenvalue weighted by Crippen LogP contribution is 2.48. The number of pyridine rings is 2. The van der Waals surface area contributed by atoms with Crippen LogP contribution in [0.3, 0.4) is 0 Å². The van der Waals surface area contributed by atoms with Crippen molar-refractivity contribution in [3.8, 4) is 11.5 Å². The fraction of sp³-hybridized carbons (Fsp3) is 0.143. The minimum absolute atomic E-state index is 0.567. The lowest BCUT2D eigenvalue weighted by atomic mass is 10.1. The molecule has 0 atom stereocenters. The number of aromatic nitrogens is 2. The molecule has 268 valence electrons. The minimum atomic E-state index is 0.567. The summed E-state index contributed by atoms with van der Waals surface area (Å²) in [7, 11) is 11.7. The molecule has 4 aromatic rings. The average molecular weight is 753 g/mol. The largest absolute Gasteiger partial charge is 0.497 e. The molecule has 0 aliphatic carbocycles. The Balaban J connectivity index is 1.25. The first kappa shape index (κ1) is 33.4. The predicted octanol–water partition coefficient (Wildman–Crippen LogP) is 4.64. The first-order chi connectivity index (χ1) is 27.7. The number of benzene rings is 2. The van der Waals surface area contributed by atoms with E-state index in [1.165, 1.54) is 0 Å². The van der Waals surface area contributed by atoms with Gasteiger partial charge in [0, 0.05) is 24.5 Å². The van der Waals surface area contributed by atoms with E-state index in [9.17, 15) is 0 Å². The Hall–Kier alpha value is -8.22. The molecule has 15 nitrogen and oxygen atoms in total. The van der Waals surface area contributed by atoms with E-state index >= 15 is 0 Å². The van der Waals surface area contributed by atoms with Crippen molar-refractivity contribution in [2.45, 2.75) is 0 Å². The fourth-order valence-corrected chi connectivity index (χ4v) is 7.16. The van der Waals surface area contributed by atoms with E-state index in [0.717, 1.165) is 57.1 Å². The maximum atomic E-state index is 7.23. The van der Waals surface area contributed by atoms with Crippen molar-refractivity contribution in [1.82, 2.24) is 19.1 Å². The van der Waals surface area contributed by atoms with Gasteiger partial charge in [-0.1, -0.05) is 36.6 Å². The van der Waals surface area contributed by atoms with E-state index in [1.807, 2.05) is 183 Å². The second-order valence-electron chi connectivity index (χ2n) is 13.9. The quantitative estimate of drug-likeness (QED) is 0.247. The molecule has 0 spiro atoms. The molecule has 2 aromatic carbocycles. The molecule has 10 rings (SSSR count). The first-order valence-corrected chi connectivity index (χ1v) is 18.1. The van der Waals surface area contributed by atoms with Gasteiger partial charge in [0.25, 0.3) is 36.2 Å². The van der Waals surface area contributed by atoms with Gasteiger partial charge in [0.15, 0.2) is 42.3 Å². The fourth-order valence-electron chi connectivity index (χ4n) is 7.16. The van der Waals surface area contributed by atoms with Gasteiger partial charge in [0.05, 0.1) is 24.3 Å². The van der Waals surface area contributed by atoms with Crippen molar-refractivity contribution in [3.63, 3.8) is 0 Å². The maximum absolute atomic E-state index is 7.23. The third-order valence-electron chi connectivity index (χ3n) is 9.82. The molecule has 8 heterocycles. The third-order valence-corrected chi connectivity index (χ3v) is 9.82. The lowest BCUT2D eigenvalue weighted by molar-refractivity contribution is -0.430. The van der Waals surface area contributed by atoms with Crippen molar-refractivity contribution in [2.75, 3.05) is 42.3 Å². The molecule has 6 aliphatic heterocycles. The monoisotopic (exact) mass is 752 g/mol. The van der Waals surface area contributed by atoms with Crippen LogP contribution in [0.1, 0.15) is 0 Å².